The van der Waals surface area contributed by atoms with Crippen LogP contribution in [0.25, 0.3) is 0 Å². The predicted octanol–water partition coefficient (Wildman–Crippen LogP) is 2.21. The van der Waals surface area contributed by atoms with E-state index in [4.69, 9.17) is 0 Å². The van der Waals surface area contributed by atoms with Crippen molar-refractivity contribution in [3.8, 4) is 23.0 Å². The fourth-order valence-corrected chi connectivity index (χ4v) is 3.77. The minimum absolute atomic E-state index is 0.175. The molecule has 8 nitrogen and oxygen atoms in total. The Balaban J connectivity index is 2.60. The van der Waals surface area contributed by atoms with Gasteiger partial charge in [-0.2, -0.15) is 0 Å². The van der Waals surface area contributed by atoms with Crippen LogP contribution >= 0.6 is 0 Å². The molecule has 0 aliphatic rings. The number of anilines is 2. The van der Waals surface area contributed by atoms with Crippen LogP contribution in [0.3, 0.4) is 0 Å². The van der Waals surface area contributed by atoms with E-state index >= 15 is 0 Å². The first-order valence-corrected chi connectivity index (χ1v) is 9.06. The van der Waals surface area contributed by atoms with E-state index in [0.717, 1.165) is 12.1 Å². The molecule has 0 bridgehead atoms. The molecule has 9 heteroatoms. The minimum atomic E-state index is -4.38. The Labute approximate surface area is 145 Å². The maximum Gasteiger partial charge on any atom is 0.214 e. The molecule has 0 aromatic heterocycles. The summed E-state index contributed by atoms with van der Waals surface area (Å²) in [6.07, 6.45) is 0. The minimum Gasteiger partial charge on any atom is -0.503 e. The van der Waals surface area contributed by atoms with E-state index in [-0.39, 0.29) is 11.4 Å². The molecule has 0 atom stereocenters. The van der Waals surface area contributed by atoms with Gasteiger partial charge in [0.2, 0.25) is 9.84 Å². The Kier molecular flexibility index (Phi) is 5.17. The van der Waals surface area contributed by atoms with Crippen molar-refractivity contribution in [3.63, 3.8) is 0 Å². The highest BCUT2D eigenvalue weighted by Crippen LogP contribution is 2.45. The van der Waals surface area contributed by atoms with Crippen LogP contribution in [0.5, 0.6) is 23.0 Å². The molecule has 2 aromatic carbocycles. The van der Waals surface area contributed by atoms with E-state index in [1.54, 1.807) is 13.8 Å². The SMILES string of the molecule is CCNc1ccc(S(=O)(=O)c2ccc(NCC)c(O)c2O)c(O)c1O. The molecular weight excluding hydrogens is 348 g/mol. The monoisotopic (exact) mass is 368 g/mol. The van der Waals surface area contributed by atoms with E-state index in [9.17, 15) is 28.8 Å². The lowest BCUT2D eigenvalue weighted by Gasteiger charge is -2.14. The summed E-state index contributed by atoms with van der Waals surface area (Å²) in [4.78, 5) is -1.17. The standard InChI is InChI=1S/C16H20N2O6S/c1-3-17-9-5-7-11(15(21)13(9)19)25(23,24)12-8-6-10(18-4-2)14(20)16(12)22/h5-8,17-22H,3-4H2,1-2H3. The molecule has 0 saturated heterocycles. The lowest BCUT2D eigenvalue weighted by atomic mass is 10.2. The van der Waals surface area contributed by atoms with Gasteiger partial charge in [0.25, 0.3) is 0 Å². The Hall–Kier alpha value is -2.81. The molecular formula is C16H20N2O6S. The van der Waals surface area contributed by atoms with Crippen LogP contribution in [-0.4, -0.2) is 41.9 Å². The maximum absolute atomic E-state index is 12.7. The van der Waals surface area contributed by atoms with Gasteiger partial charge in [0, 0.05) is 13.1 Å². The van der Waals surface area contributed by atoms with Crippen LogP contribution in [-0.2, 0) is 9.84 Å². The Morgan fingerprint density at radius 1 is 0.720 bits per heavy atom. The molecule has 0 radical (unpaired) electrons. The van der Waals surface area contributed by atoms with Crippen LogP contribution in [0.15, 0.2) is 34.1 Å². The fourth-order valence-electron chi connectivity index (χ4n) is 2.34. The first kappa shape index (κ1) is 18.5. The third-order valence-electron chi connectivity index (χ3n) is 3.54. The second-order valence-electron chi connectivity index (χ2n) is 5.18. The molecule has 2 rings (SSSR count). The molecule has 0 fully saturated rings. The maximum atomic E-state index is 12.7. The number of phenolic OH excluding ortho intramolecular Hbond substituents is 4. The van der Waals surface area contributed by atoms with Gasteiger partial charge in [-0.1, -0.05) is 0 Å². The van der Waals surface area contributed by atoms with Crippen molar-refractivity contribution < 1.29 is 28.8 Å². The summed E-state index contributed by atoms with van der Waals surface area (Å²) in [5, 5.41) is 45.6. The van der Waals surface area contributed by atoms with Crippen LogP contribution in [0.1, 0.15) is 13.8 Å². The van der Waals surface area contributed by atoms with Crippen molar-refractivity contribution in [2.45, 2.75) is 23.6 Å². The molecule has 0 amide bonds. The smallest absolute Gasteiger partial charge is 0.214 e. The summed E-state index contributed by atoms with van der Waals surface area (Å²) < 4.78 is 25.5. The number of hydrogen-bond donors (Lipinski definition) is 6. The average Bonchev–Trinajstić information content (AvgIpc) is 2.56. The van der Waals surface area contributed by atoms with E-state index in [2.05, 4.69) is 10.6 Å². The highest BCUT2D eigenvalue weighted by atomic mass is 32.2. The normalized spacial score (nSPS) is 11.3. The molecule has 25 heavy (non-hydrogen) atoms. The molecule has 0 heterocycles. The predicted molar refractivity (Wildman–Crippen MR) is 93.3 cm³/mol. The number of nitrogens with one attached hydrogen (secondary N) is 2. The Bertz CT molecular complexity index is 828. The summed E-state index contributed by atoms with van der Waals surface area (Å²) in [5.74, 6) is -2.91. The van der Waals surface area contributed by atoms with Crippen LogP contribution in [0, 0.1) is 0 Å². The summed E-state index contributed by atoms with van der Waals surface area (Å²) in [6.45, 7) is 4.46. The van der Waals surface area contributed by atoms with Crippen molar-refractivity contribution in [2.24, 2.45) is 0 Å². The number of benzene rings is 2. The van der Waals surface area contributed by atoms with E-state index in [0.29, 0.717) is 13.1 Å². The summed E-state index contributed by atoms with van der Waals surface area (Å²) in [5.41, 5.74) is 0.349. The number of rotatable bonds is 6. The van der Waals surface area contributed by atoms with Crippen molar-refractivity contribution >= 4 is 21.2 Å². The molecule has 136 valence electrons. The lowest BCUT2D eigenvalue weighted by molar-refractivity contribution is 0.390. The van der Waals surface area contributed by atoms with Gasteiger partial charge in [-0.15, -0.1) is 0 Å². The zero-order chi connectivity index (χ0) is 18.8. The van der Waals surface area contributed by atoms with E-state index in [1.807, 2.05) is 0 Å². The van der Waals surface area contributed by atoms with Crippen LogP contribution in [0.4, 0.5) is 11.4 Å². The Morgan fingerprint density at radius 3 is 1.40 bits per heavy atom. The van der Waals surface area contributed by atoms with Gasteiger partial charge in [0.05, 0.1) is 11.4 Å². The summed E-state index contributed by atoms with van der Waals surface area (Å²) in [7, 11) is -4.38. The first-order chi connectivity index (χ1) is 11.8. The second kappa shape index (κ2) is 6.98. The summed E-state index contributed by atoms with van der Waals surface area (Å²) >= 11 is 0. The van der Waals surface area contributed by atoms with Gasteiger partial charge < -0.3 is 31.1 Å². The average molecular weight is 368 g/mol. The number of hydrogen-bond acceptors (Lipinski definition) is 8. The number of aromatic hydroxyl groups is 4. The first-order valence-electron chi connectivity index (χ1n) is 7.58. The van der Waals surface area contributed by atoms with Gasteiger partial charge in [-0.3, -0.25) is 0 Å². The van der Waals surface area contributed by atoms with Gasteiger partial charge in [0.15, 0.2) is 23.0 Å². The van der Waals surface area contributed by atoms with E-state index < -0.39 is 42.6 Å². The van der Waals surface area contributed by atoms with Crippen molar-refractivity contribution in [2.75, 3.05) is 23.7 Å². The third-order valence-corrected chi connectivity index (χ3v) is 5.36. The Morgan fingerprint density at radius 2 is 1.08 bits per heavy atom. The number of phenols is 4. The molecule has 0 spiro atoms. The van der Waals surface area contributed by atoms with Gasteiger partial charge in [-0.25, -0.2) is 8.42 Å². The van der Waals surface area contributed by atoms with E-state index in [1.165, 1.54) is 12.1 Å². The third kappa shape index (κ3) is 3.22. The quantitative estimate of drug-likeness (QED) is 0.427. The van der Waals surface area contributed by atoms with Crippen molar-refractivity contribution in [3.05, 3.63) is 24.3 Å². The molecule has 2 aromatic rings. The zero-order valence-electron chi connectivity index (χ0n) is 13.7. The zero-order valence-corrected chi connectivity index (χ0v) is 14.6. The largest absolute Gasteiger partial charge is 0.503 e. The summed E-state index contributed by atoms with van der Waals surface area (Å²) in [6, 6.07) is 4.82. The highest BCUT2D eigenvalue weighted by molar-refractivity contribution is 7.91. The van der Waals surface area contributed by atoms with Gasteiger partial charge in [-0.05, 0) is 38.1 Å². The molecule has 6 N–H and O–H groups in total. The van der Waals surface area contributed by atoms with Gasteiger partial charge in [0.1, 0.15) is 9.79 Å². The molecule has 0 saturated carbocycles. The van der Waals surface area contributed by atoms with Crippen molar-refractivity contribution in [1.82, 2.24) is 0 Å². The number of sulfone groups is 1. The van der Waals surface area contributed by atoms with Crippen LogP contribution < -0.4 is 10.6 Å². The topological polar surface area (TPSA) is 139 Å². The molecule has 0 unspecified atom stereocenters. The van der Waals surface area contributed by atoms with Crippen LogP contribution in [0.2, 0.25) is 0 Å². The molecule has 0 aliphatic heterocycles. The fraction of sp³-hybridized carbons (Fsp3) is 0.250. The lowest BCUT2D eigenvalue weighted by Crippen LogP contribution is -2.05. The second-order valence-corrected chi connectivity index (χ2v) is 7.07. The van der Waals surface area contributed by atoms with Crippen molar-refractivity contribution in [1.29, 1.82) is 0 Å². The molecule has 0 aliphatic carbocycles. The highest BCUT2D eigenvalue weighted by Gasteiger charge is 2.29. The van der Waals surface area contributed by atoms with Gasteiger partial charge >= 0.3 is 0 Å².